The Morgan fingerprint density at radius 1 is 0.824 bits per heavy atom. The second kappa shape index (κ2) is 7.44. The standard InChI is InChI=1S/C17H36/c1-9-16(15(8)14(6)7)17(10-2,11-3)12-13(4)5/h13-16H,9-12H2,1-8H3. The fourth-order valence-electron chi connectivity index (χ4n) is 3.85. The van der Waals surface area contributed by atoms with Crippen LogP contribution in [-0.2, 0) is 0 Å². The Kier molecular flexibility index (Phi) is 7.44. The number of hydrogen-bond acceptors (Lipinski definition) is 0. The van der Waals surface area contributed by atoms with E-state index in [9.17, 15) is 0 Å². The monoisotopic (exact) mass is 240 g/mol. The van der Waals surface area contributed by atoms with Crippen molar-refractivity contribution < 1.29 is 0 Å². The van der Waals surface area contributed by atoms with E-state index in [1.54, 1.807) is 0 Å². The zero-order valence-electron chi connectivity index (χ0n) is 13.6. The molecular formula is C17H36. The quantitative estimate of drug-likeness (QED) is 0.477. The van der Waals surface area contributed by atoms with Crippen LogP contribution in [0.3, 0.4) is 0 Å². The van der Waals surface area contributed by atoms with Crippen molar-refractivity contribution in [2.45, 2.75) is 81.1 Å². The Labute approximate surface area is 111 Å². The summed E-state index contributed by atoms with van der Waals surface area (Å²) in [4.78, 5) is 0. The molecule has 0 saturated heterocycles. The van der Waals surface area contributed by atoms with Gasteiger partial charge in [-0.25, -0.2) is 0 Å². The third kappa shape index (κ3) is 4.30. The van der Waals surface area contributed by atoms with E-state index in [2.05, 4.69) is 55.4 Å². The molecule has 0 aromatic carbocycles. The highest BCUT2D eigenvalue weighted by Crippen LogP contribution is 2.47. The van der Waals surface area contributed by atoms with Gasteiger partial charge in [-0.3, -0.25) is 0 Å². The second-order valence-electron chi connectivity index (χ2n) is 6.79. The lowest BCUT2D eigenvalue weighted by Crippen LogP contribution is -2.36. The van der Waals surface area contributed by atoms with Gasteiger partial charge in [0.1, 0.15) is 0 Å². The number of rotatable bonds is 8. The summed E-state index contributed by atoms with van der Waals surface area (Å²) in [5, 5.41) is 0. The summed E-state index contributed by atoms with van der Waals surface area (Å²) in [6.45, 7) is 19.2. The molecule has 0 fully saturated rings. The molecule has 0 bridgehead atoms. The van der Waals surface area contributed by atoms with E-state index < -0.39 is 0 Å². The largest absolute Gasteiger partial charge is 0.0651 e. The Morgan fingerprint density at radius 2 is 1.29 bits per heavy atom. The highest BCUT2D eigenvalue weighted by molar-refractivity contribution is 4.88. The Hall–Kier alpha value is 0. The molecule has 0 N–H and O–H groups in total. The van der Waals surface area contributed by atoms with Crippen LogP contribution in [0.15, 0.2) is 0 Å². The molecule has 0 aliphatic carbocycles. The van der Waals surface area contributed by atoms with E-state index in [4.69, 9.17) is 0 Å². The van der Waals surface area contributed by atoms with E-state index in [1.807, 2.05) is 0 Å². The summed E-state index contributed by atoms with van der Waals surface area (Å²) in [6.07, 6.45) is 5.43. The fraction of sp³-hybridized carbons (Fsp3) is 1.00. The molecule has 0 aliphatic heterocycles. The fourth-order valence-corrected chi connectivity index (χ4v) is 3.85. The first-order valence-electron chi connectivity index (χ1n) is 7.84. The van der Waals surface area contributed by atoms with Crippen molar-refractivity contribution >= 4 is 0 Å². The van der Waals surface area contributed by atoms with Crippen LogP contribution in [0.2, 0.25) is 0 Å². The molecule has 0 saturated carbocycles. The van der Waals surface area contributed by atoms with Crippen LogP contribution in [0.5, 0.6) is 0 Å². The molecule has 0 aliphatic rings. The van der Waals surface area contributed by atoms with Gasteiger partial charge in [0.15, 0.2) is 0 Å². The van der Waals surface area contributed by atoms with Gasteiger partial charge >= 0.3 is 0 Å². The molecular weight excluding hydrogens is 204 g/mol. The molecule has 0 spiro atoms. The highest BCUT2D eigenvalue weighted by Gasteiger charge is 2.38. The van der Waals surface area contributed by atoms with E-state index in [1.165, 1.54) is 25.7 Å². The lowest BCUT2D eigenvalue weighted by atomic mass is 9.60. The van der Waals surface area contributed by atoms with E-state index >= 15 is 0 Å². The van der Waals surface area contributed by atoms with Gasteiger partial charge < -0.3 is 0 Å². The van der Waals surface area contributed by atoms with Crippen LogP contribution in [0.1, 0.15) is 81.1 Å². The van der Waals surface area contributed by atoms with Crippen LogP contribution in [-0.4, -0.2) is 0 Å². The predicted molar refractivity (Wildman–Crippen MR) is 80.3 cm³/mol. The maximum atomic E-state index is 2.47. The lowest BCUT2D eigenvalue weighted by Gasteiger charge is -2.45. The van der Waals surface area contributed by atoms with Crippen LogP contribution in [0.4, 0.5) is 0 Å². The van der Waals surface area contributed by atoms with Crippen molar-refractivity contribution in [3.05, 3.63) is 0 Å². The summed E-state index contributed by atoms with van der Waals surface area (Å²) < 4.78 is 0. The predicted octanol–water partition coefficient (Wildman–Crippen LogP) is 6.16. The third-order valence-electron chi connectivity index (χ3n) is 5.14. The van der Waals surface area contributed by atoms with Crippen molar-refractivity contribution in [3.63, 3.8) is 0 Å². The average molecular weight is 240 g/mol. The zero-order chi connectivity index (χ0) is 13.6. The van der Waals surface area contributed by atoms with Crippen LogP contribution in [0, 0.1) is 29.1 Å². The van der Waals surface area contributed by atoms with Crippen LogP contribution in [0.25, 0.3) is 0 Å². The van der Waals surface area contributed by atoms with Crippen molar-refractivity contribution in [2.24, 2.45) is 29.1 Å². The molecule has 0 radical (unpaired) electrons. The summed E-state index contributed by atoms with van der Waals surface area (Å²) in [5.41, 5.74) is 0.576. The SMILES string of the molecule is CCC(C(C)C(C)C)C(CC)(CC)CC(C)C. The normalized spacial score (nSPS) is 16.6. The first kappa shape index (κ1) is 17.0. The average Bonchev–Trinajstić information content (AvgIpc) is 2.27. The van der Waals surface area contributed by atoms with Gasteiger partial charge in [0.05, 0.1) is 0 Å². The van der Waals surface area contributed by atoms with Crippen molar-refractivity contribution in [2.75, 3.05) is 0 Å². The maximum absolute atomic E-state index is 2.47. The molecule has 0 nitrogen and oxygen atoms in total. The molecule has 0 amide bonds. The number of hydrogen-bond donors (Lipinski definition) is 0. The molecule has 17 heavy (non-hydrogen) atoms. The third-order valence-corrected chi connectivity index (χ3v) is 5.14. The van der Waals surface area contributed by atoms with Gasteiger partial charge in [-0.1, -0.05) is 74.7 Å². The summed E-state index contributed by atoms with van der Waals surface area (Å²) >= 11 is 0. The molecule has 0 rings (SSSR count). The zero-order valence-corrected chi connectivity index (χ0v) is 13.6. The second-order valence-corrected chi connectivity index (χ2v) is 6.79. The molecule has 2 atom stereocenters. The van der Waals surface area contributed by atoms with Gasteiger partial charge in [0.2, 0.25) is 0 Å². The first-order valence-corrected chi connectivity index (χ1v) is 7.84. The highest BCUT2D eigenvalue weighted by atomic mass is 14.4. The van der Waals surface area contributed by atoms with Gasteiger partial charge in [0, 0.05) is 0 Å². The van der Waals surface area contributed by atoms with E-state index in [0.717, 1.165) is 23.7 Å². The summed E-state index contributed by atoms with van der Waals surface area (Å²) in [5.74, 6) is 3.37. The topological polar surface area (TPSA) is 0 Å². The Morgan fingerprint density at radius 3 is 1.53 bits per heavy atom. The van der Waals surface area contributed by atoms with Crippen molar-refractivity contribution in [1.29, 1.82) is 0 Å². The first-order chi connectivity index (χ1) is 7.84. The smallest absolute Gasteiger partial charge is 0.0269 e. The Balaban J connectivity index is 5.09. The Bertz CT molecular complexity index is 186. The van der Waals surface area contributed by atoms with Crippen molar-refractivity contribution in [3.8, 4) is 0 Å². The van der Waals surface area contributed by atoms with Gasteiger partial charge in [-0.2, -0.15) is 0 Å². The van der Waals surface area contributed by atoms with Crippen LogP contribution >= 0.6 is 0 Å². The van der Waals surface area contributed by atoms with Gasteiger partial charge in [-0.15, -0.1) is 0 Å². The summed E-state index contributed by atoms with van der Waals surface area (Å²) in [6, 6.07) is 0. The summed E-state index contributed by atoms with van der Waals surface area (Å²) in [7, 11) is 0. The van der Waals surface area contributed by atoms with Gasteiger partial charge in [-0.05, 0) is 35.5 Å². The minimum absolute atomic E-state index is 0.576. The maximum Gasteiger partial charge on any atom is -0.0269 e. The molecule has 0 heterocycles. The molecule has 104 valence electrons. The van der Waals surface area contributed by atoms with Crippen molar-refractivity contribution in [1.82, 2.24) is 0 Å². The molecule has 0 heteroatoms. The molecule has 0 aromatic rings. The minimum Gasteiger partial charge on any atom is -0.0651 e. The lowest BCUT2D eigenvalue weighted by molar-refractivity contribution is 0.0466. The van der Waals surface area contributed by atoms with E-state index in [-0.39, 0.29) is 0 Å². The van der Waals surface area contributed by atoms with Crippen LogP contribution < -0.4 is 0 Å². The molecule has 2 unspecified atom stereocenters. The van der Waals surface area contributed by atoms with Gasteiger partial charge in [0.25, 0.3) is 0 Å². The minimum atomic E-state index is 0.576. The van der Waals surface area contributed by atoms with E-state index in [0.29, 0.717) is 5.41 Å². The molecule has 0 aromatic heterocycles.